The lowest BCUT2D eigenvalue weighted by atomic mass is 10.1. The zero-order chi connectivity index (χ0) is 17.8. The highest BCUT2D eigenvalue weighted by atomic mass is 35.5. The van der Waals surface area contributed by atoms with Crippen LogP contribution in [-0.2, 0) is 6.54 Å². The first-order valence-electron chi connectivity index (χ1n) is 7.76. The molecule has 0 aliphatic carbocycles. The Balaban J connectivity index is 1.78. The van der Waals surface area contributed by atoms with Crippen LogP contribution in [0.2, 0.25) is 5.02 Å². The number of H-pyrrole nitrogens is 1. The highest BCUT2D eigenvalue weighted by molar-refractivity contribution is 7.98. The van der Waals surface area contributed by atoms with Gasteiger partial charge in [0.05, 0.1) is 17.5 Å². The molecule has 0 radical (unpaired) electrons. The van der Waals surface area contributed by atoms with E-state index in [1.165, 1.54) is 4.90 Å². The van der Waals surface area contributed by atoms with Gasteiger partial charge >= 0.3 is 0 Å². The second-order valence-corrected chi connectivity index (χ2v) is 6.99. The van der Waals surface area contributed by atoms with Gasteiger partial charge in [0.1, 0.15) is 0 Å². The molecule has 1 heterocycles. The van der Waals surface area contributed by atoms with Crippen LogP contribution in [0.15, 0.2) is 59.6 Å². The molecular formula is C19H18ClN3OS. The van der Waals surface area contributed by atoms with E-state index in [1.807, 2.05) is 30.5 Å². The van der Waals surface area contributed by atoms with Gasteiger partial charge in [-0.15, -0.1) is 11.8 Å². The van der Waals surface area contributed by atoms with E-state index in [4.69, 9.17) is 11.6 Å². The number of hydrogen-bond donors (Lipinski definition) is 1. The standard InChI is InChI=1S/C19H18ClN3OS/c1-23(12-13-3-9-16(25-2)10-4-13)19(24)17-11-21-22-18(17)14-5-7-15(20)8-6-14/h3-11H,12H2,1-2H3,(H,21,22). The van der Waals surface area contributed by atoms with Crippen LogP contribution in [0.4, 0.5) is 0 Å². The number of thioether (sulfide) groups is 1. The van der Waals surface area contributed by atoms with Crippen LogP contribution in [0.3, 0.4) is 0 Å². The van der Waals surface area contributed by atoms with Crippen LogP contribution in [0, 0.1) is 0 Å². The summed E-state index contributed by atoms with van der Waals surface area (Å²) in [5, 5.41) is 7.61. The summed E-state index contributed by atoms with van der Waals surface area (Å²) in [6.07, 6.45) is 3.61. The number of carbonyl (C=O) groups excluding carboxylic acids is 1. The number of carbonyl (C=O) groups is 1. The van der Waals surface area contributed by atoms with E-state index >= 15 is 0 Å². The lowest BCUT2D eigenvalue weighted by molar-refractivity contribution is 0.0786. The van der Waals surface area contributed by atoms with Crippen molar-refractivity contribution in [1.29, 1.82) is 0 Å². The molecule has 1 N–H and O–H groups in total. The Labute approximate surface area is 156 Å². The maximum Gasteiger partial charge on any atom is 0.257 e. The number of aromatic amines is 1. The van der Waals surface area contributed by atoms with Crippen LogP contribution >= 0.6 is 23.4 Å². The van der Waals surface area contributed by atoms with Gasteiger partial charge in [0.25, 0.3) is 5.91 Å². The van der Waals surface area contributed by atoms with Crippen molar-refractivity contribution in [1.82, 2.24) is 15.1 Å². The van der Waals surface area contributed by atoms with Crippen LogP contribution < -0.4 is 0 Å². The molecule has 6 heteroatoms. The SMILES string of the molecule is CSc1ccc(CN(C)C(=O)c2cn[nH]c2-c2ccc(Cl)cc2)cc1. The van der Waals surface area contributed by atoms with Crippen molar-refractivity contribution in [3.63, 3.8) is 0 Å². The van der Waals surface area contributed by atoms with Gasteiger partial charge in [-0.05, 0) is 36.1 Å². The molecule has 128 valence electrons. The topological polar surface area (TPSA) is 49.0 Å². The predicted octanol–water partition coefficient (Wildman–Crippen LogP) is 4.72. The van der Waals surface area contributed by atoms with E-state index in [-0.39, 0.29) is 5.91 Å². The van der Waals surface area contributed by atoms with Gasteiger partial charge in [-0.3, -0.25) is 9.89 Å². The first kappa shape index (κ1) is 17.6. The first-order valence-corrected chi connectivity index (χ1v) is 9.36. The van der Waals surface area contributed by atoms with E-state index in [0.717, 1.165) is 11.1 Å². The van der Waals surface area contributed by atoms with Crippen molar-refractivity contribution in [3.8, 4) is 11.3 Å². The Bertz CT molecular complexity index is 859. The van der Waals surface area contributed by atoms with E-state index in [2.05, 4.69) is 22.3 Å². The number of halogens is 1. The van der Waals surface area contributed by atoms with Gasteiger partial charge in [0.2, 0.25) is 0 Å². The van der Waals surface area contributed by atoms with Crippen LogP contribution in [-0.4, -0.2) is 34.3 Å². The van der Waals surface area contributed by atoms with Crippen LogP contribution in [0.1, 0.15) is 15.9 Å². The molecule has 0 aliphatic rings. The highest BCUT2D eigenvalue weighted by Crippen LogP contribution is 2.24. The summed E-state index contributed by atoms with van der Waals surface area (Å²) in [4.78, 5) is 15.7. The summed E-state index contributed by atoms with van der Waals surface area (Å²) in [7, 11) is 1.80. The molecule has 0 spiro atoms. The average molecular weight is 372 g/mol. The Hall–Kier alpha value is -2.24. The van der Waals surface area contributed by atoms with Crippen molar-refractivity contribution in [2.75, 3.05) is 13.3 Å². The minimum Gasteiger partial charge on any atom is -0.337 e. The molecule has 25 heavy (non-hydrogen) atoms. The average Bonchev–Trinajstić information content (AvgIpc) is 3.12. The number of hydrogen-bond acceptors (Lipinski definition) is 3. The van der Waals surface area contributed by atoms with Crippen molar-refractivity contribution >= 4 is 29.3 Å². The lowest BCUT2D eigenvalue weighted by Crippen LogP contribution is -2.26. The number of amides is 1. The molecule has 2 aromatic carbocycles. The molecule has 0 saturated heterocycles. The maximum atomic E-state index is 12.8. The summed E-state index contributed by atoms with van der Waals surface area (Å²) in [6.45, 7) is 0.540. The van der Waals surface area contributed by atoms with Crippen molar-refractivity contribution in [3.05, 3.63) is 70.9 Å². The van der Waals surface area contributed by atoms with Crippen molar-refractivity contribution < 1.29 is 4.79 Å². The second-order valence-electron chi connectivity index (χ2n) is 5.67. The summed E-state index contributed by atoms with van der Waals surface area (Å²) in [5.74, 6) is -0.0763. The van der Waals surface area contributed by atoms with Gasteiger partial charge in [-0.25, -0.2) is 0 Å². The Kier molecular flexibility index (Phi) is 5.46. The fourth-order valence-electron chi connectivity index (χ4n) is 2.57. The van der Waals surface area contributed by atoms with Gasteiger partial charge < -0.3 is 4.90 Å². The number of rotatable bonds is 5. The molecule has 0 saturated carbocycles. The molecular weight excluding hydrogens is 354 g/mol. The third-order valence-electron chi connectivity index (χ3n) is 3.93. The fourth-order valence-corrected chi connectivity index (χ4v) is 3.10. The molecule has 0 aliphatic heterocycles. The zero-order valence-corrected chi connectivity index (χ0v) is 15.6. The minimum absolute atomic E-state index is 0.0763. The molecule has 0 unspecified atom stereocenters. The second kappa shape index (κ2) is 7.76. The number of aromatic nitrogens is 2. The summed E-state index contributed by atoms with van der Waals surface area (Å²) in [5.41, 5.74) is 3.21. The first-order chi connectivity index (χ1) is 12.1. The molecule has 3 rings (SSSR count). The lowest BCUT2D eigenvalue weighted by Gasteiger charge is -2.17. The normalized spacial score (nSPS) is 10.7. The highest BCUT2D eigenvalue weighted by Gasteiger charge is 2.19. The molecule has 0 atom stereocenters. The number of nitrogens with one attached hydrogen (secondary N) is 1. The van der Waals surface area contributed by atoms with Gasteiger partial charge in [0.15, 0.2) is 0 Å². The molecule has 1 amide bonds. The predicted molar refractivity (Wildman–Crippen MR) is 103 cm³/mol. The van der Waals surface area contributed by atoms with Crippen molar-refractivity contribution in [2.24, 2.45) is 0 Å². The Morgan fingerprint density at radius 3 is 2.48 bits per heavy atom. The number of nitrogens with zero attached hydrogens (tertiary/aromatic N) is 2. The maximum absolute atomic E-state index is 12.8. The summed E-state index contributed by atoms with van der Waals surface area (Å²) in [6, 6.07) is 15.5. The molecule has 4 nitrogen and oxygen atoms in total. The molecule has 0 bridgehead atoms. The fraction of sp³-hybridized carbons (Fsp3) is 0.158. The monoisotopic (exact) mass is 371 g/mol. The van der Waals surface area contributed by atoms with Gasteiger partial charge in [0, 0.05) is 29.1 Å². The Morgan fingerprint density at radius 2 is 1.84 bits per heavy atom. The third kappa shape index (κ3) is 4.06. The van der Waals surface area contributed by atoms with E-state index in [9.17, 15) is 4.79 Å². The quantitative estimate of drug-likeness (QED) is 0.660. The van der Waals surface area contributed by atoms with Gasteiger partial charge in [-0.1, -0.05) is 35.9 Å². The van der Waals surface area contributed by atoms with Gasteiger partial charge in [-0.2, -0.15) is 5.10 Å². The zero-order valence-electron chi connectivity index (χ0n) is 14.0. The smallest absolute Gasteiger partial charge is 0.257 e. The van der Waals surface area contributed by atoms with Crippen LogP contribution in [0.5, 0.6) is 0 Å². The van der Waals surface area contributed by atoms with E-state index < -0.39 is 0 Å². The van der Waals surface area contributed by atoms with Crippen LogP contribution in [0.25, 0.3) is 11.3 Å². The Morgan fingerprint density at radius 1 is 1.16 bits per heavy atom. The minimum atomic E-state index is -0.0763. The third-order valence-corrected chi connectivity index (χ3v) is 4.92. The molecule has 3 aromatic rings. The van der Waals surface area contributed by atoms with E-state index in [1.54, 1.807) is 42.0 Å². The number of benzene rings is 2. The van der Waals surface area contributed by atoms with E-state index in [0.29, 0.717) is 22.8 Å². The largest absolute Gasteiger partial charge is 0.337 e. The van der Waals surface area contributed by atoms with Crippen molar-refractivity contribution in [2.45, 2.75) is 11.4 Å². The molecule has 0 fully saturated rings. The summed E-state index contributed by atoms with van der Waals surface area (Å²) < 4.78 is 0. The summed E-state index contributed by atoms with van der Waals surface area (Å²) >= 11 is 7.63. The molecule has 1 aromatic heterocycles.